The van der Waals surface area contributed by atoms with Gasteiger partial charge in [-0.1, -0.05) is 45.2 Å². The number of ether oxygens (including phenoxy) is 1. The Balaban J connectivity index is 2.10. The maximum Gasteiger partial charge on any atom is 0.344 e. The molecule has 1 atom stereocenters. The van der Waals surface area contributed by atoms with Crippen molar-refractivity contribution in [2.75, 3.05) is 5.73 Å². The van der Waals surface area contributed by atoms with Crippen molar-refractivity contribution in [3.05, 3.63) is 29.8 Å². The molecule has 1 aromatic carbocycles. The minimum Gasteiger partial charge on any atom is -0.459 e. The lowest BCUT2D eigenvalue weighted by Gasteiger charge is -2.11. The summed E-state index contributed by atoms with van der Waals surface area (Å²) in [6.07, 6.45) is 5.01. The lowest BCUT2D eigenvalue weighted by atomic mass is 10.2. The number of unbranched alkanes of at least 4 members (excludes halogenated alkanes) is 3. The van der Waals surface area contributed by atoms with Crippen molar-refractivity contribution >= 4 is 34.0 Å². The van der Waals surface area contributed by atoms with E-state index in [0.29, 0.717) is 29.1 Å². The molecular formula is C21H28N4O2. The molecule has 6 nitrogen and oxygen atoms in total. The molecule has 0 bridgehead atoms. The predicted octanol–water partition coefficient (Wildman–Crippen LogP) is 4.70. The summed E-state index contributed by atoms with van der Waals surface area (Å²) in [7, 11) is 0. The topological polar surface area (TPSA) is 83.0 Å². The number of nitrogens with two attached hydrogens (primary N) is 1. The SMILES string of the molecule is CCCCCCn1c(N)c(C(=O)O[C@H](C)CC)c2nc3ccccc3nc21. The first-order valence-electron chi connectivity index (χ1n) is 9.82. The van der Waals surface area contributed by atoms with Crippen LogP contribution in [0.1, 0.15) is 63.2 Å². The number of hydrogen-bond donors (Lipinski definition) is 1. The van der Waals surface area contributed by atoms with Gasteiger partial charge in [-0.15, -0.1) is 0 Å². The number of nitrogen functional groups attached to an aromatic ring is 1. The maximum absolute atomic E-state index is 12.8. The number of fused-ring (bicyclic) bond motifs is 2. The van der Waals surface area contributed by atoms with Crippen LogP contribution in [0.3, 0.4) is 0 Å². The molecular weight excluding hydrogens is 340 g/mol. The van der Waals surface area contributed by atoms with Crippen LogP contribution >= 0.6 is 0 Å². The molecule has 0 spiro atoms. The van der Waals surface area contributed by atoms with Crippen LogP contribution in [0.25, 0.3) is 22.2 Å². The van der Waals surface area contributed by atoms with Crippen molar-refractivity contribution in [1.82, 2.24) is 14.5 Å². The van der Waals surface area contributed by atoms with Gasteiger partial charge in [-0.2, -0.15) is 0 Å². The zero-order chi connectivity index (χ0) is 19.4. The molecule has 6 heteroatoms. The summed E-state index contributed by atoms with van der Waals surface area (Å²) in [6.45, 7) is 6.75. The number of rotatable bonds is 8. The second-order valence-corrected chi connectivity index (χ2v) is 6.98. The fraction of sp³-hybridized carbons (Fsp3) is 0.476. The second-order valence-electron chi connectivity index (χ2n) is 6.98. The third-order valence-corrected chi connectivity index (χ3v) is 4.91. The molecule has 27 heavy (non-hydrogen) atoms. The van der Waals surface area contributed by atoms with Gasteiger partial charge < -0.3 is 15.0 Å². The Hall–Kier alpha value is -2.63. The van der Waals surface area contributed by atoms with Gasteiger partial charge in [0, 0.05) is 6.54 Å². The number of anilines is 1. The van der Waals surface area contributed by atoms with Gasteiger partial charge in [0.2, 0.25) is 0 Å². The molecule has 3 aromatic rings. The lowest BCUT2D eigenvalue weighted by molar-refractivity contribution is 0.0338. The Morgan fingerprint density at radius 3 is 2.52 bits per heavy atom. The zero-order valence-corrected chi connectivity index (χ0v) is 16.4. The Kier molecular flexibility index (Phi) is 5.94. The van der Waals surface area contributed by atoms with E-state index in [4.69, 9.17) is 20.4 Å². The van der Waals surface area contributed by atoms with E-state index in [9.17, 15) is 4.79 Å². The summed E-state index contributed by atoms with van der Waals surface area (Å²) in [5.74, 6) is -0.0335. The van der Waals surface area contributed by atoms with E-state index < -0.39 is 5.97 Å². The quantitative estimate of drug-likeness (QED) is 0.460. The summed E-state index contributed by atoms with van der Waals surface area (Å²) in [5, 5.41) is 0. The Labute approximate surface area is 159 Å². The fourth-order valence-corrected chi connectivity index (χ4v) is 3.17. The van der Waals surface area contributed by atoms with Gasteiger partial charge in [-0.3, -0.25) is 0 Å². The Morgan fingerprint density at radius 1 is 1.15 bits per heavy atom. The van der Waals surface area contributed by atoms with Crippen molar-refractivity contribution in [3.8, 4) is 0 Å². The molecule has 2 heterocycles. The van der Waals surface area contributed by atoms with E-state index in [1.165, 1.54) is 12.8 Å². The molecule has 0 amide bonds. The van der Waals surface area contributed by atoms with Crippen LogP contribution in [-0.2, 0) is 11.3 Å². The largest absolute Gasteiger partial charge is 0.459 e. The normalized spacial score (nSPS) is 12.6. The highest BCUT2D eigenvalue weighted by Crippen LogP contribution is 2.29. The summed E-state index contributed by atoms with van der Waals surface area (Å²) < 4.78 is 7.46. The first-order chi connectivity index (χ1) is 13.1. The monoisotopic (exact) mass is 368 g/mol. The predicted molar refractivity (Wildman–Crippen MR) is 109 cm³/mol. The minimum atomic E-state index is -0.427. The summed E-state index contributed by atoms with van der Waals surface area (Å²) in [6, 6.07) is 7.65. The molecule has 0 unspecified atom stereocenters. The first kappa shape index (κ1) is 19.1. The van der Waals surface area contributed by atoms with Gasteiger partial charge in [0.05, 0.1) is 17.1 Å². The van der Waals surface area contributed by atoms with E-state index in [-0.39, 0.29) is 6.10 Å². The number of para-hydroxylation sites is 2. The molecule has 2 N–H and O–H groups in total. The maximum atomic E-state index is 12.8. The van der Waals surface area contributed by atoms with Crippen molar-refractivity contribution in [2.24, 2.45) is 0 Å². The average molecular weight is 368 g/mol. The van der Waals surface area contributed by atoms with E-state index in [1.807, 2.05) is 42.7 Å². The summed E-state index contributed by atoms with van der Waals surface area (Å²) >= 11 is 0. The Bertz CT molecular complexity index is 948. The molecule has 0 aliphatic heterocycles. The molecule has 0 radical (unpaired) electrons. The fourth-order valence-electron chi connectivity index (χ4n) is 3.17. The highest BCUT2D eigenvalue weighted by Gasteiger charge is 2.25. The minimum absolute atomic E-state index is 0.173. The summed E-state index contributed by atoms with van der Waals surface area (Å²) in [5.41, 5.74) is 9.43. The first-order valence-corrected chi connectivity index (χ1v) is 9.82. The van der Waals surface area contributed by atoms with Gasteiger partial charge in [-0.05, 0) is 31.9 Å². The highest BCUT2D eigenvalue weighted by atomic mass is 16.5. The van der Waals surface area contributed by atoms with E-state index >= 15 is 0 Å². The molecule has 0 saturated carbocycles. The number of hydrogen-bond acceptors (Lipinski definition) is 5. The summed E-state index contributed by atoms with van der Waals surface area (Å²) in [4.78, 5) is 22.2. The van der Waals surface area contributed by atoms with Crippen LogP contribution in [0, 0.1) is 0 Å². The molecule has 0 saturated heterocycles. The lowest BCUT2D eigenvalue weighted by Crippen LogP contribution is -2.16. The standard InChI is InChI=1S/C21H28N4O2/c1-4-6-7-10-13-25-19(22)17(21(26)27-14(3)5-2)18-20(25)24-16-12-9-8-11-15(16)23-18/h8-9,11-12,14H,4-7,10,13,22H2,1-3H3/t14-/m1/s1. The number of aromatic nitrogens is 3. The van der Waals surface area contributed by atoms with Crippen LogP contribution in [0.5, 0.6) is 0 Å². The molecule has 0 fully saturated rings. The molecule has 3 rings (SSSR count). The van der Waals surface area contributed by atoms with Crippen LogP contribution in [0.4, 0.5) is 5.82 Å². The van der Waals surface area contributed by atoms with E-state index in [0.717, 1.165) is 30.3 Å². The van der Waals surface area contributed by atoms with Gasteiger partial charge in [0.1, 0.15) is 16.9 Å². The van der Waals surface area contributed by atoms with Crippen LogP contribution in [0.15, 0.2) is 24.3 Å². The van der Waals surface area contributed by atoms with Crippen molar-refractivity contribution in [1.29, 1.82) is 0 Å². The van der Waals surface area contributed by atoms with Gasteiger partial charge in [0.15, 0.2) is 5.65 Å². The number of aryl methyl sites for hydroxylation is 1. The third-order valence-electron chi connectivity index (χ3n) is 4.91. The van der Waals surface area contributed by atoms with Gasteiger partial charge in [0.25, 0.3) is 0 Å². The average Bonchev–Trinajstić information content (AvgIpc) is 2.94. The third kappa shape index (κ3) is 3.89. The zero-order valence-electron chi connectivity index (χ0n) is 16.4. The highest BCUT2D eigenvalue weighted by molar-refractivity contribution is 6.08. The molecule has 0 aliphatic rings. The number of nitrogens with zero attached hydrogens (tertiary/aromatic N) is 3. The van der Waals surface area contributed by atoms with Crippen molar-refractivity contribution in [3.63, 3.8) is 0 Å². The van der Waals surface area contributed by atoms with Crippen LogP contribution < -0.4 is 5.73 Å². The van der Waals surface area contributed by atoms with Crippen LogP contribution in [0.2, 0.25) is 0 Å². The van der Waals surface area contributed by atoms with E-state index in [1.54, 1.807) is 0 Å². The number of carbonyl (C=O) groups is 1. The van der Waals surface area contributed by atoms with Gasteiger partial charge in [-0.25, -0.2) is 14.8 Å². The van der Waals surface area contributed by atoms with Crippen LogP contribution in [-0.4, -0.2) is 26.6 Å². The number of esters is 1. The van der Waals surface area contributed by atoms with Crippen molar-refractivity contribution < 1.29 is 9.53 Å². The van der Waals surface area contributed by atoms with Gasteiger partial charge >= 0.3 is 5.97 Å². The molecule has 144 valence electrons. The number of benzene rings is 1. The smallest absolute Gasteiger partial charge is 0.344 e. The molecule has 0 aliphatic carbocycles. The Morgan fingerprint density at radius 2 is 1.85 bits per heavy atom. The van der Waals surface area contributed by atoms with E-state index in [2.05, 4.69) is 6.92 Å². The second kappa shape index (κ2) is 8.37. The molecule has 2 aromatic heterocycles. The van der Waals surface area contributed by atoms with Crippen molar-refractivity contribution in [2.45, 2.75) is 65.5 Å². The number of carbonyl (C=O) groups excluding carboxylic acids is 1.